The number of rotatable bonds is 4. The van der Waals surface area contributed by atoms with Gasteiger partial charge in [-0.1, -0.05) is 6.42 Å². The van der Waals surface area contributed by atoms with Crippen LogP contribution in [0.2, 0.25) is 0 Å². The number of sulfonamides is 1. The molecular weight excluding hydrogens is 356 g/mol. The van der Waals surface area contributed by atoms with Crippen molar-refractivity contribution < 1.29 is 13.2 Å². The van der Waals surface area contributed by atoms with Gasteiger partial charge in [0.1, 0.15) is 5.75 Å². The third-order valence-corrected chi connectivity index (χ3v) is 6.38. The SMILES string of the molecule is COc1ccc(S(=O)(=O)N2CCCCC2C(C)N)cc1Br. The van der Waals surface area contributed by atoms with Crippen LogP contribution in [0.15, 0.2) is 27.6 Å². The number of piperidine rings is 1. The van der Waals surface area contributed by atoms with Gasteiger partial charge in [0.05, 0.1) is 16.5 Å². The summed E-state index contributed by atoms with van der Waals surface area (Å²) in [5.41, 5.74) is 5.97. The topological polar surface area (TPSA) is 72.6 Å². The molecule has 0 aliphatic carbocycles. The molecule has 0 saturated carbocycles. The van der Waals surface area contributed by atoms with Crippen molar-refractivity contribution in [1.82, 2.24) is 4.31 Å². The Labute approximate surface area is 134 Å². The zero-order valence-corrected chi connectivity index (χ0v) is 14.7. The van der Waals surface area contributed by atoms with E-state index in [-0.39, 0.29) is 17.0 Å². The third kappa shape index (κ3) is 3.41. The van der Waals surface area contributed by atoms with Gasteiger partial charge in [-0.15, -0.1) is 0 Å². The Hall–Kier alpha value is -0.630. The molecular formula is C14H21BrN2O3S. The lowest BCUT2D eigenvalue weighted by molar-refractivity contribution is 0.227. The van der Waals surface area contributed by atoms with E-state index in [0.717, 1.165) is 19.3 Å². The first-order chi connectivity index (χ1) is 9.87. The lowest BCUT2D eigenvalue weighted by Crippen LogP contribution is -2.51. The summed E-state index contributed by atoms with van der Waals surface area (Å²) in [4.78, 5) is 0.266. The monoisotopic (exact) mass is 376 g/mol. The van der Waals surface area contributed by atoms with Crippen LogP contribution >= 0.6 is 15.9 Å². The van der Waals surface area contributed by atoms with Crippen molar-refractivity contribution in [2.45, 2.75) is 43.2 Å². The molecule has 7 heteroatoms. The lowest BCUT2D eigenvalue weighted by atomic mass is 10.00. The first kappa shape index (κ1) is 16.7. The molecule has 2 atom stereocenters. The van der Waals surface area contributed by atoms with E-state index in [2.05, 4.69) is 15.9 Å². The molecule has 0 amide bonds. The zero-order valence-electron chi connectivity index (χ0n) is 12.3. The Bertz CT molecular complexity index is 604. The highest BCUT2D eigenvalue weighted by atomic mass is 79.9. The predicted octanol–water partition coefficient (Wildman–Crippen LogP) is 2.35. The maximum Gasteiger partial charge on any atom is 0.243 e. The number of nitrogens with zero attached hydrogens (tertiary/aromatic N) is 1. The van der Waals surface area contributed by atoms with E-state index in [9.17, 15) is 8.42 Å². The quantitative estimate of drug-likeness (QED) is 0.874. The van der Waals surface area contributed by atoms with Crippen molar-refractivity contribution in [2.75, 3.05) is 13.7 Å². The van der Waals surface area contributed by atoms with Crippen molar-refractivity contribution in [2.24, 2.45) is 5.73 Å². The van der Waals surface area contributed by atoms with E-state index in [1.165, 1.54) is 0 Å². The van der Waals surface area contributed by atoms with Gasteiger partial charge in [0.15, 0.2) is 0 Å². The molecule has 2 rings (SSSR count). The van der Waals surface area contributed by atoms with Crippen LogP contribution in [-0.2, 0) is 10.0 Å². The van der Waals surface area contributed by atoms with Crippen LogP contribution in [0.1, 0.15) is 26.2 Å². The van der Waals surface area contributed by atoms with Gasteiger partial charge in [-0.05, 0) is 53.9 Å². The summed E-state index contributed by atoms with van der Waals surface area (Å²) in [7, 11) is -1.99. The largest absolute Gasteiger partial charge is 0.496 e. The second-order valence-electron chi connectivity index (χ2n) is 5.33. The van der Waals surface area contributed by atoms with Crippen LogP contribution in [0.4, 0.5) is 0 Å². The molecule has 1 aromatic carbocycles. The minimum atomic E-state index is -3.54. The second kappa shape index (κ2) is 6.64. The van der Waals surface area contributed by atoms with Gasteiger partial charge >= 0.3 is 0 Å². The maximum absolute atomic E-state index is 12.9. The summed E-state index contributed by atoms with van der Waals surface area (Å²) in [6, 6.07) is 4.50. The molecule has 0 radical (unpaired) electrons. The molecule has 1 aliphatic heterocycles. The van der Waals surface area contributed by atoms with Crippen molar-refractivity contribution in [3.63, 3.8) is 0 Å². The van der Waals surface area contributed by atoms with Gasteiger partial charge in [-0.3, -0.25) is 0 Å². The second-order valence-corrected chi connectivity index (χ2v) is 8.08. The van der Waals surface area contributed by atoms with Crippen LogP contribution in [-0.4, -0.2) is 38.5 Å². The van der Waals surface area contributed by atoms with Crippen LogP contribution in [0, 0.1) is 0 Å². The number of methoxy groups -OCH3 is 1. The standard InChI is InChI=1S/C14H21BrN2O3S/c1-10(16)13-5-3-4-8-17(13)21(18,19)11-6-7-14(20-2)12(15)9-11/h6-7,9-10,13H,3-5,8,16H2,1-2H3. The average Bonchev–Trinajstić information content (AvgIpc) is 2.47. The fourth-order valence-electron chi connectivity index (χ4n) is 2.70. The van der Waals surface area contributed by atoms with Gasteiger partial charge in [0.25, 0.3) is 0 Å². The molecule has 1 heterocycles. The van der Waals surface area contributed by atoms with E-state index >= 15 is 0 Å². The Morgan fingerprint density at radius 2 is 2.14 bits per heavy atom. The maximum atomic E-state index is 12.9. The summed E-state index contributed by atoms with van der Waals surface area (Å²) >= 11 is 3.34. The molecule has 1 aromatic rings. The van der Waals surface area contributed by atoms with E-state index in [1.807, 2.05) is 6.92 Å². The third-order valence-electron chi connectivity index (χ3n) is 3.84. The van der Waals surface area contributed by atoms with Crippen molar-refractivity contribution in [3.8, 4) is 5.75 Å². The van der Waals surface area contributed by atoms with Crippen molar-refractivity contribution in [1.29, 1.82) is 0 Å². The van der Waals surface area contributed by atoms with E-state index in [1.54, 1.807) is 29.6 Å². The Morgan fingerprint density at radius 3 is 2.71 bits per heavy atom. The Kier molecular flexibility index (Phi) is 5.29. The predicted molar refractivity (Wildman–Crippen MR) is 85.9 cm³/mol. The fourth-order valence-corrected chi connectivity index (χ4v) is 5.19. The highest BCUT2D eigenvalue weighted by Gasteiger charge is 2.35. The van der Waals surface area contributed by atoms with E-state index in [4.69, 9.17) is 10.5 Å². The van der Waals surface area contributed by atoms with E-state index in [0.29, 0.717) is 16.8 Å². The fraction of sp³-hybridized carbons (Fsp3) is 0.571. The minimum absolute atomic E-state index is 0.135. The number of halogens is 1. The number of ether oxygens (including phenoxy) is 1. The summed E-state index contributed by atoms with van der Waals surface area (Å²) < 4.78 is 33.0. The highest BCUT2D eigenvalue weighted by molar-refractivity contribution is 9.10. The first-order valence-corrected chi connectivity index (χ1v) is 9.22. The molecule has 1 fully saturated rings. The summed E-state index contributed by atoms with van der Waals surface area (Å²) in [6.45, 7) is 2.39. The van der Waals surface area contributed by atoms with Crippen LogP contribution in [0.3, 0.4) is 0 Å². The molecule has 118 valence electrons. The Balaban J connectivity index is 2.38. The molecule has 0 aromatic heterocycles. The van der Waals surface area contributed by atoms with Gasteiger partial charge in [0, 0.05) is 18.6 Å². The number of hydrogen-bond donors (Lipinski definition) is 1. The van der Waals surface area contributed by atoms with E-state index < -0.39 is 10.0 Å². The molecule has 21 heavy (non-hydrogen) atoms. The molecule has 2 N–H and O–H groups in total. The number of benzene rings is 1. The normalized spacial score (nSPS) is 22.0. The number of nitrogens with two attached hydrogens (primary N) is 1. The molecule has 1 saturated heterocycles. The van der Waals surface area contributed by atoms with Gasteiger partial charge in [0.2, 0.25) is 10.0 Å². The summed E-state index contributed by atoms with van der Waals surface area (Å²) in [5, 5.41) is 0. The van der Waals surface area contributed by atoms with Crippen LogP contribution in [0.5, 0.6) is 5.75 Å². The summed E-state index contributed by atoms with van der Waals surface area (Å²) in [6.07, 6.45) is 2.71. The Morgan fingerprint density at radius 1 is 1.43 bits per heavy atom. The molecule has 1 aliphatic rings. The van der Waals surface area contributed by atoms with Crippen LogP contribution in [0.25, 0.3) is 0 Å². The number of hydrogen-bond acceptors (Lipinski definition) is 4. The lowest BCUT2D eigenvalue weighted by Gasteiger charge is -2.36. The highest BCUT2D eigenvalue weighted by Crippen LogP contribution is 2.31. The van der Waals surface area contributed by atoms with Crippen molar-refractivity contribution >= 4 is 26.0 Å². The molecule has 0 spiro atoms. The minimum Gasteiger partial charge on any atom is -0.496 e. The molecule has 5 nitrogen and oxygen atoms in total. The average molecular weight is 377 g/mol. The molecule has 2 unspecified atom stereocenters. The smallest absolute Gasteiger partial charge is 0.243 e. The van der Waals surface area contributed by atoms with Gasteiger partial charge in [-0.2, -0.15) is 4.31 Å². The van der Waals surface area contributed by atoms with Gasteiger partial charge in [-0.25, -0.2) is 8.42 Å². The van der Waals surface area contributed by atoms with Crippen molar-refractivity contribution in [3.05, 3.63) is 22.7 Å². The van der Waals surface area contributed by atoms with Gasteiger partial charge < -0.3 is 10.5 Å². The summed E-state index contributed by atoms with van der Waals surface area (Å²) in [5.74, 6) is 0.608. The molecule has 0 bridgehead atoms. The van der Waals surface area contributed by atoms with Crippen LogP contribution < -0.4 is 10.5 Å². The zero-order chi connectivity index (χ0) is 15.6. The first-order valence-electron chi connectivity index (χ1n) is 6.99.